The molecule has 0 spiro atoms. The van der Waals surface area contributed by atoms with Crippen LogP contribution in [0.1, 0.15) is 11.1 Å². The molecule has 0 fully saturated rings. The van der Waals surface area contributed by atoms with Gasteiger partial charge in [0.1, 0.15) is 11.6 Å². The lowest BCUT2D eigenvalue weighted by Gasteiger charge is -2.18. The van der Waals surface area contributed by atoms with Crippen molar-refractivity contribution in [3.8, 4) is 5.75 Å². The molecular weight excluding hydrogens is 321 g/mol. The van der Waals surface area contributed by atoms with Gasteiger partial charge >= 0.3 is 0 Å². The van der Waals surface area contributed by atoms with Crippen LogP contribution in [0.2, 0.25) is 0 Å². The van der Waals surface area contributed by atoms with Gasteiger partial charge < -0.3 is 4.74 Å². The molecule has 0 aromatic heterocycles. The Kier molecular flexibility index (Phi) is 5.15. The van der Waals surface area contributed by atoms with Crippen LogP contribution in [0.4, 0.5) is 4.39 Å². The molecule has 0 heterocycles. The number of hydrogen-bond acceptors (Lipinski definition) is 2. The molecule has 0 aliphatic carbocycles. The van der Waals surface area contributed by atoms with E-state index in [1.807, 2.05) is 31.3 Å². The summed E-state index contributed by atoms with van der Waals surface area (Å²) in [5.74, 6) is 0.625. The Morgan fingerprint density at radius 1 is 1.15 bits per heavy atom. The Morgan fingerprint density at radius 3 is 2.65 bits per heavy atom. The summed E-state index contributed by atoms with van der Waals surface area (Å²) in [5.41, 5.74) is 2.11. The highest BCUT2D eigenvalue weighted by Crippen LogP contribution is 2.22. The van der Waals surface area contributed by atoms with Gasteiger partial charge in [0.15, 0.2) is 0 Å². The van der Waals surface area contributed by atoms with Crippen LogP contribution in [0.15, 0.2) is 46.9 Å². The zero-order valence-corrected chi connectivity index (χ0v) is 13.2. The molecule has 2 rings (SSSR count). The van der Waals surface area contributed by atoms with Gasteiger partial charge in [-0.05, 0) is 52.3 Å². The third-order valence-electron chi connectivity index (χ3n) is 3.06. The lowest BCUT2D eigenvalue weighted by atomic mass is 10.1. The average molecular weight is 338 g/mol. The first-order chi connectivity index (χ1) is 9.60. The van der Waals surface area contributed by atoms with Gasteiger partial charge in [-0.2, -0.15) is 0 Å². The number of rotatable bonds is 5. The number of halogens is 2. The van der Waals surface area contributed by atoms with Crippen molar-refractivity contribution in [2.24, 2.45) is 0 Å². The molecule has 0 atom stereocenters. The second-order valence-corrected chi connectivity index (χ2v) is 5.53. The summed E-state index contributed by atoms with van der Waals surface area (Å²) in [7, 11) is 3.67. The maximum atomic E-state index is 13.5. The first-order valence-corrected chi connectivity index (χ1v) is 7.14. The Bertz CT molecular complexity index is 588. The minimum Gasteiger partial charge on any atom is -0.497 e. The molecule has 2 nitrogen and oxygen atoms in total. The largest absolute Gasteiger partial charge is 0.497 e. The van der Waals surface area contributed by atoms with Crippen LogP contribution in [0.5, 0.6) is 5.75 Å². The SMILES string of the molecule is COc1cccc(CN(C)Cc2cccc(F)c2Br)c1. The van der Waals surface area contributed by atoms with E-state index in [2.05, 4.69) is 26.9 Å². The molecule has 106 valence electrons. The molecule has 0 bridgehead atoms. The molecule has 0 aliphatic heterocycles. The van der Waals surface area contributed by atoms with Gasteiger partial charge in [0.05, 0.1) is 11.6 Å². The van der Waals surface area contributed by atoms with E-state index < -0.39 is 0 Å². The molecule has 0 amide bonds. The quantitative estimate of drug-likeness (QED) is 0.809. The fourth-order valence-electron chi connectivity index (χ4n) is 2.10. The highest BCUT2D eigenvalue weighted by atomic mass is 79.9. The molecule has 0 saturated carbocycles. The summed E-state index contributed by atoms with van der Waals surface area (Å²) in [5, 5.41) is 0. The zero-order valence-electron chi connectivity index (χ0n) is 11.6. The van der Waals surface area contributed by atoms with Crippen LogP contribution in [-0.2, 0) is 13.1 Å². The number of hydrogen-bond donors (Lipinski definition) is 0. The first kappa shape index (κ1) is 15.0. The van der Waals surface area contributed by atoms with E-state index in [9.17, 15) is 4.39 Å². The molecule has 0 aliphatic rings. The fraction of sp³-hybridized carbons (Fsp3) is 0.250. The number of nitrogens with zero attached hydrogens (tertiary/aromatic N) is 1. The maximum Gasteiger partial charge on any atom is 0.137 e. The van der Waals surface area contributed by atoms with Gasteiger partial charge in [-0.3, -0.25) is 4.90 Å². The highest BCUT2D eigenvalue weighted by Gasteiger charge is 2.08. The summed E-state index contributed by atoms with van der Waals surface area (Å²) < 4.78 is 19.2. The minimum absolute atomic E-state index is 0.225. The van der Waals surface area contributed by atoms with Crippen molar-refractivity contribution < 1.29 is 9.13 Å². The lowest BCUT2D eigenvalue weighted by Crippen LogP contribution is -2.17. The predicted molar refractivity (Wildman–Crippen MR) is 82.3 cm³/mol. The van der Waals surface area contributed by atoms with Gasteiger partial charge in [-0.15, -0.1) is 0 Å². The van der Waals surface area contributed by atoms with Crippen LogP contribution < -0.4 is 4.74 Å². The molecule has 2 aromatic rings. The molecule has 0 unspecified atom stereocenters. The van der Waals surface area contributed by atoms with Crippen LogP contribution in [0, 0.1) is 5.82 Å². The van der Waals surface area contributed by atoms with Crippen molar-refractivity contribution in [1.29, 1.82) is 0 Å². The second kappa shape index (κ2) is 6.86. The smallest absolute Gasteiger partial charge is 0.137 e. The molecule has 4 heteroatoms. The molecular formula is C16H17BrFNO. The summed E-state index contributed by atoms with van der Waals surface area (Å²) in [6, 6.07) is 13.1. The van der Waals surface area contributed by atoms with Crippen LogP contribution in [0.3, 0.4) is 0 Å². The molecule has 0 radical (unpaired) electrons. The maximum absolute atomic E-state index is 13.5. The second-order valence-electron chi connectivity index (χ2n) is 4.74. The van der Waals surface area contributed by atoms with Gasteiger partial charge in [0.25, 0.3) is 0 Å². The van der Waals surface area contributed by atoms with Gasteiger partial charge in [-0.1, -0.05) is 24.3 Å². The Balaban J connectivity index is 2.05. The average Bonchev–Trinajstić information content (AvgIpc) is 2.44. The van der Waals surface area contributed by atoms with E-state index in [1.165, 1.54) is 11.6 Å². The van der Waals surface area contributed by atoms with Crippen molar-refractivity contribution in [2.75, 3.05) is 14.2 Å². The van der Waals surface area contributed by atoms with E-state index in [4.69, 9.17) is 4.74 Å². The van der Waals surface area contributed by atoms with Crippen molar-refractivity contribution in [2.45, 2.75) is 13.1 Å². The van der Waals surface area contributed by atoms with Crippen molar-refractivity contribution in [1.82, 2.24) is 4.90 Å². The monoisotopic (exact) mass is 337 g/mol. The van der Waals surface area contributed by atoms with E-state index in [0.29, 0.717) is 11.0 Å². The van der Waals surface area contributed by atoms with Gasteiger partial charge in [0, 0.05) is 13.1 Å². The Hall–Kier alpha value is -1.39. The van der Waals surface area contributed by atoms with E-state index >= 15 is 0 Å². The van der Waals surface area contributed by atoms with Crippen LogP contribution in [0.25, 0.3) is 0 Å². The van der Waals surface area contributed by atoms with Gasteiger partial charge in [0.2, 0.25) is 0 Å². The van der Waals surface area contributed by atoms with Crippen molar-refractivity contribution >= 4 is 15.9 Å². The molecule has 0 N–H and O–H groups in total. The topological polar surface area (TPSA) is 12.5 Å². The first-order valence-electron chi connectivity index (χ1n) is 6.34. The molecule has 0 saturated heterocycles. The van der Waals surface area contributed by atoms with Crippen molar-refractivity contribution in [3.05, 3.63) is 63.9 Å². The van der Waals surface area contributed by atoms with E-state index in [1.54, 1.807) is 13.2 Å². The number of benzene rings is 2. The third-order valence-corrected chi connectivity index (χ3v) is 3.95. The highest BCUT2D eigenvalue weighted by molar-refractivity contribution is 9.10. The minimum atomic E-state index is -0.225. The summed E-state index contributed by atoms with van der Waals surface area (Å²) >= 11 is 3.30. The third kappa shape index (κ3) is 3.81. The number of ether oxygens (including phenoxy) is 1. The Labute approximate surface area is 127 Å². The van der Waals surface area contributed by atoms with Crippen molar-refractivity contribution in [3.63, 3.8) is 0 Å². The summed E-state index contributed by atoms with van der Waals surface area (Å²) in [4.78, 5) is 2.13. The summed E-state index contributed by atoms with van der Waals surface area (Å²) in [6.07, 6.45) is 0. The molecule has 20 heavy (non-hydrogen) atoms. The lowest BCUT2D eigenvalue weighted by molar-refractivity contribution is 0.317. The Morgan fingerprint density at radius 2 is 1.90 bits per heavy atom. The fourth-order valence-corrected chi connectivity index (χ4v) is 2.49. The molecule has 2 aromatic carbocycles. The van der Waals surface area contributed by atoms with E-state index in [-0.39, 0.29) is 5.82 Å². The van der Waals surface area contributed by atoms with Gasteiger partial charge in [-0.25, -0.2) is 4.39 Å². The standard InChI is InChI=1S/C16H17BrFNO/c1-19(10-12-5-3-7-14(9-12)20-2)11-13-6-4-8-15(18)16(13)17/h3-9H,10-11H2,1-2H3. The zero-order chi connectivity index (χ0) is 14.5. The van der Waals surface area contributed by atoms with E-state index in [0.717, 1.165) is 17.9 Å². The van der Waals surface area contributed by atoms with Crippen LogP contribution >= 0.6 is 15.9 Å². The number of methoxy groups -OCH3 is 1. The van der Waals surface area contributed by atoms with Crippen LogP contribution in [-0.4, -0.2) is 19.1 Å². The summed E-state index contributed by atoms with van der Waals surface area (Å²) in [6.45, 7) is 1.45. The predicted octanol–water partition coefficient (Wildman–Crippen LogP) is 4.23. The normalized spacial score (nSPS) is 10.8.